The second kappa shape index (κ2) is 6.73. The van der Waals surface area contributed by atoms with E-state index in [0.717, 1.165) is 11.1 Å². The summed E-state index contributed by atoms with van der Waals surface area (Å²) in [4.78, 5) is 12.2. The van der Waals surface area contributed by atoms with Crippen molar-refractivity contribution in [2.75, 3.05) is 6.54 Å². The van der Waals surface area contributed by atoms with Crippen molar-refractivity contribution < 1.29 is 9.32 Å². The molecule has 3 N–H and O–H groups in total. The van der Waals surface area contributed by atoms with Gasteiger partial charge in [0.2, 0.25) is 0 Å². The highest BCUT2D eigenvalue weighted by molar-refractivity contribution is 5.96. The van der Waals surface area contributed by atoms with Gasteiger partial charge < -0.3 is 15.6 Å². The quantitative estimate of drug-likeness (QED) is 0.837. The van der Waals surface area contributed by atoms with Gasteiger partial charge in [-0.2, -0.15) is 0 Å². The van der Waals surface area contributed by atoms with E-state index in [4.69, 9.17) is 10.3 Å². The van der Waals surface area contributed by atoms with Crippen molar-refractivity contribution in [1.29, 1.82) is 0 Å². The average molecular weight is 283 g/mol. The molecular weight excluding hydrogens is 266 g/mol. The zero-order chi connectivity index (χ0) is 15.2. The summed E-state index contributed by atoms with van der Waals surface area (Å²) in [6.45, 7) is 4.15. The first kappa shape index (κ1) is 14.8. The van der Waals surface area contributed by atoms with Crippen molar-refractivity contribution in [3.8, 4) is 11.8 Å². The fourth-order valence-corrected chi connectivity index (χ4v) is 2.01. The molecule has 0 aliphatic rings. The first-order valence-electron chi connectivity index (χ1n) is 6.61. The molecule has 0 aliphatic heterocycles. The lowest BCUT2D eigenvalue weighted by Gasteiger charge is -2.07. The molecule has 0 aliphatic carbocycles. The third kappa shape index (κ3) is 3.50. The van der Waals surface area contributed by atoms with Crippen molar-refractivity contribution in [3.63, 3.8) is 0 Å². The zero-order valence-electron chi connectivity index (χ0n) is 12.1. The van der Waals surface area contributed by atoms with Gasteiger partial charge in [0, 0.05) is 12.1 Å². The Morgan fingerprint density at radius 1 is 1.38 bits per heavy atom. The number of amides is 1. The van der Waals surface area contributed by atoms with E-state index in [9.17, 15) is 4.79 Å². The summed E-state index contributed by atoms with van der Waals surface area (Å²) in [6.07, 6.45) is 0. The Balaban J connectivity index is 2.12. The van der Waals surface area contributed by atoms with Gasteiger partial charge in [-0.25, -0.2) is 0 Å². The molecule has 108 valence electrons. The highest BCUT2D eigenvalue weighted by atomic mass is 16.5. The minimum Gasteiger partial charge on any atom is -0.361 e. The Bertz CT molecular complexity index is 688. The van der Waals surface area contributed by atoms with Crippen molar-refractivity contribution in [1.82, 2.24) is 10.5 Å². The highest BCUT2D eigenvalue weighted by Gasteiger charge is 2.17. The van der Waals surface area contributed by atoms with Gasteiger partial charge in [-0.3, -0.25) is 4.79 Å². The normalized spacial score (nSPS) is 9.86. The van der Waals surface area contributed by atoms with Crippen LogP contribution in [0.4, 0.5) is 0 Å². The highest BCUT2D eigenvalue weighted by Crippen LogP contribution is 2.13. The molecular formula is C16H17N3O2. The Morgan fingerprint density at radius 2 is 2.14 bits per heavy atom. The van der Waals surface area contributed by atoms with Crippen LogP contribution in [0.1, 0.15) is 32.9 Å². The van der Waals surface area contributed by atoms with Crippen LogP contribution in [0.3, 0.4) is 0 Å². The fourth-order valence-electron chi connectivity index (χ4n) is 2.01. The lowest BCUT2D eigenvalue weighted by atomic mass is 10.1. The molecule has 0 saturated carbocycles. The van der Waals surface area contributed by atoms with Crippen molar-refractivity contribution >= 4 is 5.91 Å². The SMILES string of the molecule is Cc1noc(C)c1C(=O)NCc1ccccc1C#CCN. The smallest absolute Gasteiger partial charge is 0.257 e. The van der Waals surface area contributed by atoms with Gasteiger partial charge in [0.25, 0.3) is 5.91 Å². The Hall–Kier alpha value is -2.58. The molecule has 0 unspecified atom stereocenters. The van der Waals surface area contributed by atoms with Crippen LogP contribution < -0.4 is 11.1 Å². The number of aromatic nitrogens is 1. The molecule has 5 nitrogen and oxygen atoms in total. The van der Waals surface area contributed by atoms with Gasteiger partial charge in [-0.1, -0.05) is 35.2 Å². The van der Waals surface area contributed by atoms with Crippen LogP contribution in [-0.4, -0.2) is 17.6 Å². The summed E-state index contributed by atoms with van der Waals surface area (Å²) in [6, 6.07) is 7.64. The first-order valence-corrected chi connectivity index (χ1v) is 6.61. The molecule has 2 aromatic rings. The average Bonchev–Trinajstić information content (AvgIpc) is 2.82. The van der Waals surface area contributed by atoms with Crippen LogP contribution in [0.2, 0.25) is 0 Å². The Kier molecular flexibility index (Phi) is 4.75. The van der Waals surface area contributed by atoms with E-state index >= 15 is 0 Å². The molecule has 0 atom stereocenters. The summed E-state index contributed by atoms with van der Waals surface area (Å²) >= 11 is 0. The lowest BCUT2D eigenvalue weighted by molar-refractivity contribution is 0.0949. The maximum Gasteiger partial charge on any atom is 0.257 e. The van der Waals surface area contributed by atoms with E-state index in [0.29, 0.717) is 30.1 Å². The molecule has 0 radical (unpaired) electrons. The van der Waals surface area contributed by atoms with Crippen LogP contribution in [-0.2, 0) is 6.54 Å². The van der Waals surface area contributed by atoms with E-state index in [1.54, 1.807) is 13.8 Å². The van der Waals surface area contributed by atoms with Crippen LogP contribution >= 0.6 is 0 Å². The molecule has 1 heterocycles. The predicted molar refractivity (Wildman–Crippen MR) is 79.5 cm³/mol. The number of nitrogens with two attached hydrogens (primary N) is 1. The van der Waals surface area contributed by atoms with Crippen molar-refractivity contribution in [3.05, 3.63) is 52.4 Å². The van der Waals surface area contributed by atoms with E-state index in [1.807, 2.05) is 24.3 Å². The molecule has 21 heavy (non-hydrogen) atoms. The third-order valence-corrected chi connectivity index (χ3v) is 3.04. The van der Waals surface area contributed by atoms with Crippen LogP contribution in [0.5, 0.6) is 0 Å². The predicted octanol–water partition coefficient (Wildman–Crippen LogP) is 1.53. The standard InChI is InChI=1S/C16H17N3O2/c1-11-15(12(2)21-19-11)16(20)18-10-14-7-4-3-6-13(14)8-5-9-17/h3-4,6-7H,9-10,17H2,1-2H3,(H,18,20). The zero-order valence-corrected chi connectivity index (χ0v) is 12.1. The number of hydrogen-bond donors (Lipinski definition) is 2. The van der Waals surface area contributed by atoms with Crippen molar-refractivity contribution in [2.45, 2.75) is 20.4 Å². The largest absolute Gasteiger partial charge is 0.361 e. The number of hydrogen-bond acceptors (Lipinski definition) is 4. The fraction of sp³-hybridized carbons (Fsp3) is 0.250. The minimum absolute atomic E-state index is 0.201. The summed E-state index contributed by atoms with van der Waals surface area (Å²) in [5, 5.41) is 6.64. The topological polar surface area (TPSA) is 81.2 Å². The summed E-state index contributed by atoms with van der Waals surface area (Å²) < 4.78 is 5.00. The monoisotopic (exact) mass is 283 g/mol. The van der Waals surface area contributed by atoms with Gasteiger partial charge in [0.15, 0.2) is 0 Å². The molecule has 1 amide bonds. The molecule has 0 fully saturated rings. The number of nitrogens with one attached hydrogen (secondary N) is 1. The molecule has 0 saturated heterocycles. The molecule has 2 rings (SSSR count). The van der Waals surface area contributed by atoms with Gasteiger partial charge in [-0.05, 0) is 25.5 Å². The molecule has 1 aromatic carbocycles. The summed E-state index contributed by atoms with van der Waals surface area (Å²) in [7, 11) is 0. The van der Waals surface area contributed by atoms with Gasteiger partial charge >= 0.3 is 0 Å². The molecule has 1 aromatic heterocycles. The van der Waals surface area contributed by atoms with Crippen LogP contribution in [0, 0.1) is 25.7 Å². The number of nitrogens with zero attached hydrogens (tertiary/aromatic N) is 1. The third-order valence-electron chi connectivity index (χ3n) is 3.04. The Labute approximate surface area is 123 Å². The summed E-state index contributed by atoms with van der Waals surface area (Å²) in [5.74, 6) is 6.13. The number of rotatable bonds is 3. The number of benzene rings is 1. The van der Waals surface area contributed by atoms with E-state index < -0.39 is 0 Å². The number of aryl methyl sites for hydroxylation is 2. The van der Waals surface area contributed by atoms with Gasteiger partial charge in [0.1, 0.15) is 11.3 Å². The first-order chi connectivity index (χ1) is 10.1. The van der Waals surface area contributed by atoms with Gasteiger partial charge in [0.05, 0.1) is 12.2 Å². The Morgan fingerprint density at radius 3 is 2.81 bits per heavy atom. The summed E-state index contributed by atoms with van der Waals surface area (Å²) in [5.41, 5.74) is 8.26. The molecule has 5 heteroatoms. The van der Waals surface area contributed by atoms with Gasteiger partial charge in [-0.15, -0.1) is 0 Å². The minimum atomic E-state index is -0.201. The second-order valence-corrected chi connectivity index (χ2v) is 4.54. The number of carbonyl (C=O) groups is 1. The number of carbonyl (C=O) groups excluding carboxylic acids is 1. The van der Waals surface area contributed by atoms with Crippen LogP contribution in [0.15, 0.2) is 28.8 Å². The van der Waals surface area contributed by atoms with Crippen molar-refractivity contribution in [2.24, 2.45) is 5.73 Å². The second-order valence-electron chi connectivity index (χ2n) is 4.54. The van der Waals surface area contributed by atoms with E-state index in [-0.39, 0.29) is 5.91 Å². The molecule has 0 spiro atoms. The van der Waals surface area contributed by atoms with E-state index in [2.05, 4.69) is 22.3 Å². The molecule has 0 bridgehead atoms. The van der Waals surface area contributed by atoms with E-state index in [1.165, 1.54) is 0 Å². The maximum absolute atomic E-state index is 12.2. The maximum atomic E-state index is 12.2. The lowest BCUT2D eigenvalue weighted by Crippen LogP contribution is -2.24. The van der Waals surface area contributed by atoms with Crippen LogP contribution in [0.25, 0.3) is 0 Å².